The van der Waals surface area contributed by atoms with E-state index < -0.39 is 11.9 Å². The van der Waals surface area contributed by atoms with Crippen molar-refractivity contribution in [2.24, 2.45) is 0 Å². The highest BCUT2D eigenvalue weighted by molar-refractivity contribution is 5.79. The number of hydrogen-bond acceptors (Lipinski definition) is 2. The molecule has 0 aliphatic carbocycles. The Kier molecular flexibility index (Phi) is 8.43. The van der Waals surface area contributed by atoms with Crippen molar-refractivity contribution < 1.29 is 19.8 Å². The third kappa shape index (κ3) is 12.7. The second-order valence-electron chi connectivity index (χ2n) is 3.44. The Labute approximate surface area is 89.6 Å². The van der Waals surface area contributed by atoms with Gasteiger partial charge in [-0.3, -0.25) is 4.79 Å². The molecule has 0 bridgehead atoms. The predicted molar refractivity (Wildman–Crippen MR) is 56.7 cm³/mol. The van der Waals surface area contributed by atoms with Gasteiger partial charge in [0.25, 0.3) is 0 Å². The van der Waals surface area contributed by atoms with Crippen LogP contribution in [-0.2, 0) is 9.59 Å². The first-order chi connectivity index (χ1) is 7.13. The molecular weight excluding hydrogens is 196 g/mol. The Morgan fingerprint density at radius 2 is 1.53 bits per heavy atom. The Hall–Kier alpha value is -1.32. The fourth-order valence-corrected chi connectivity index (χ4v) is 1.25. The molecule has 0 fully saturated rings. The van der Waals surface area contributed by atoms with Gasteiger partial charge in [0, 0.05) is 12.5 Å². The summed E-state index contributed by atoms with van der Waals surface area (Å²) in [6, 6.07) is 0. The van der Waals surface area contributed by atoms with Crippen LogP contribution < -0.4 is 0 Å². The van der Waals surface area contributed by atoms with Gasteiger partial charge in [0.15, 0.2) is 0 Å². The molecule has 2 N–H and O–H groups in total. The van der Waals surface area contributed by atoms with E-state index in [4.69, 9.17) is 10.2 Å². The van der Waals surface area contributed by atoms with Crippen molar-refractivity contribution in [3.8, 4) is 0 Å². The first kappa shape index (κ1) is 13.7. The van der Waals surface area contributed by atoms with Crippen LogP contribution in [0.3, 0.4) is 0 Å². The van der Waals surface area contributed by atoms with E-state index in [0.29, 0.717) is 0 Å². The molecule has 0 atom stereocenters. The van der Waals surface area contributed by atoms with Crippen molar-refractivity contribution in [1.82, 2.24) is 0 Å². The maximum absolute atomic E-state index is 10.2. The molecule has 0 saturated heterocycles. The summed E-state index contributed by atoms with van der Waals surface area (Å²) in [5, 5.41) is 16.7. The summed E-state index contributed by atoms with van der Waals surface area (Å²) in [7, 11) is 0. The highest BCUT2D eigenvalue weighted by atomic mass is 16.4. The molecule has 0 aliphatic heterocycles. The van der Waals surface area contributed by atoms with Gasteiger partial charge in [0.1, 0.15) is 0 Å². The average molecular weight is 214 g/mol. The largest absolute Gasteiger partial charge is 0.481 e. The molecular formula is C11H18O4. The summed E-state index contributed by atoms with van der Waals surface area (Å²) in [5.74, 6) is -1.64. The van der Waals surface area contributed by atoms with Crippen LogP contribution in [0.15, 0.2) is 12.2 Å². The number of unbranched alkanes of at least 4 members (excludes halogenated alkanes) is 5. The van der Waals surface area contributed by atoms with E-state index in [-0.39, 0.29) is 6.42 Å². The topological polar surface area (TPSA) is 74.6 Å². The van der Waals surface area contributed by atoms with Crippen molar-refractivity contribution in [2.45, 2.75) is 44.9 Å². The van der Waals surface area contributed by atoms with Crippen LogP contribution >= 0.6 is 0 Å². The Balaban J connectivity index is 3.11. The molecule has 0 saturated carbocycles. The van der Waals surface area contributed by atoms with Gasteiger partial charge in [0.05, 0.1) is 0 Å². The van der Waals surface area contributed by atoms with E-state index >= 15 is 0 Å². The van der Waals surface area contributed by atoms with Crippen molar-refractivity contribution in [2.75, 3.05) is 0 Å². The molecule has 0 unspecified atom stereocenters. The normalized spacial score (nSPS) is 10.7. The Morgan fingerprint density at radius 1 is 0.933 bits per heavy atom. The average Bonchev–Trinajstić information content (AvgIpc) is 2.14. The fraction of sp³-hybridized carbons (Fsp3) is 0.636. The van der Waals surface area contributed by atoms with Crippen LogP contribution in [0, 0.1) is 0 Å². The minimum absolute atomic E-state index is 0.249. The van der Waals surface area contributed by atoms with Crippen molar-refractivity contribution in [3.63, 3.8) is 0 Å². The minimum atomic E-state index is -0.906. The first-order valence-electron chi connectivity index (χ1n) is 5.24. The number of hydrogen-bond donors (Lipinski definition) is 2. The van der Waals surface area contributed by atoms with Crippen LogP contribution in [0.5, 0.6) is 0 Å². The number of aliphatic carboxylic acids is 2. The van der Waals surface area contributed by atoms with E-state index in [1.54, 1.807) is 6.08 Å². The second kappa shape index (κ2) is 9.24. The number of carboxylic acids is 2. The predicted octanol–water partition coefficient (Wildman–Crippen LogP) is 2.44. The van der Waals surface area contributed by atoms with Gasteiger partial charge < -0.3 is 10.2 Å². The molecule has 0 heterocycles. The summed E-state index contributed by atoms with van der Waals surface area (Å²) in [5.41, 5.74) is 0. The zero-order valence-electron chi connectivity index (χ0n) is 8.82. The van der Waals surface area contributed by atoms with Crippen molar-refractivity contribution in [1.29, 1.82) is 0 Å². The van der Waals surface area contributed by atoms with E-state index in [2.05, 4.69) is 0 Å². The molecule has 0 aliphatic rings. The van der Waals surface area contributed by atoms with E-state index in [0.717, 1.165) is 44.6 Å². The zero-order chi connectivity index (χ0) is 11.5. The molecule has 0 aromatic rings. The minimum Gasteiger partial charge on any atom is -0.481 e. The summed E-state index contributed by atoms with van der Waals surface area (Å²) < 4.78 is 0. The molecule has 0 aromatic carbocycles. The Bertz CT molecular complexity index is 221. The lowest BCUT2D eigenvalue weighted by molar-refractivity contribution is -0.137. The van der Waals surface area contributed by atoms with E-state index in [9.17, 15) is 9.59 Å². The molecule has 4 nitrogen and oxygen atoms in total. The van der Waals surface area contributed by atoms with Gasteiger partial charge in [-0.1, -0.05) is 25.3 Å². The van der Waals surface area contributed by atoms with E-state index in [1.807, 2.05) is 0 Å². The standard InChI is InChI=1S/C11H18O4/c12-10(13)8-6-4-2-1-3-5-7-9-11(14)15/h6,8H,1-5,7,9H2,(H,12,13)(H,14,15). The quantitative estimate of drug-likeness (QED) is 0.456. The van der Waals surface area contributed by atoms with Gasteiger partial charge >= 0.3 is 11.9 Å². The highest BCUT2D eigenvalue weighted by Crippen LogP contribution is 2.07. The summed E-state index contributed by atoms with van der Waals surface area (Å²) in [4.78, 5) is 20.3. The second-order valence-corrected chi connectivity index (χ2v) is 3.44. The third-order valence-electron chi connectivity index (χ3n) is 2.02. The maximum atomic E-state index is 10.2. The monoisotopic (exact) mass is 214 g/mol. The van der Waals surface area contributed by atoms with Crippen LogP contribution in [0.25, 0.3) is 0 Å². The summed E-state index contributed by atoms with van der Waals surface area (Å²) in [6.45, 7) is 0. The molecule has 15 heavy (non-hydrogen) atoms. The first-order valence-corrected chi connectivity index (χ1v) is 5.24. The van der Waals surface area contributed by atoms with Gasteiger partial charge in [-0.15, -0.1) is 0 Å². The third-order valence-corrected chi connectivity index (χ3v) is 2.02. The lowest BCUT2D eigenvalue weighted by Gasteiger charge is -1.97. The molecule has 0 amide bonds. The maximum Gasteiger partial charge on any atom is 0.327 e. The summed E-state index contributed by atoms with van der Waals surface area (Å²) >= 11 is 0. The summed E-state index contributed by atoms with van der Waals surface area (Å²) in [6.07, 6.45) is 8.54. The molecule has 0 rings (SSSR count). The van der Waals surface area contributed by atoms with Crippen molar-refractivity contribution in [3.05, 3.63) is 12.2 Å². The van der Waals surface area contributed by atoms with Crippen molar-refractivity contribution >= 4 is 11.9 Å². The van der Waals surface area contributed by atoms with Crippen LogP contribution in [-0.4, -0.2) is 22.2 Å². The highest BCUT2D eigenvalue weighted by Gasteiger charge is 1.95. The van der Waals surface area contributed by atoms with Gasteiger partial charge in [-0.2, -0.15) is 0 Å². The Morgan fingerprint density at radius 3 is 2.13 bits per heavy atom. The van der Waals surface area contributed by atoms with Crippen LogP contribution in [0.2, 0.25) is 0 Å². The van der Waals surface area contributed by atoms with Gasteiger partial charge in [0.2, 0.25) is 0 Å². The number of allylic oxidation sites excluding steroid dienone is 1. The smallest absolute Gasteiger partial charge is 0.327 e. The molecule has 0 spiro atoms. The zero-order valence-corrected chi connectivity index (χ0v) is 8.82. The fourth-order valence-electron chi connectivity index (χ4n) is 1.25. The molecule has 4 heteroatoms. The SMILES string of the molecule is O=C(O)C=CCCCCCCCC(=O)O. The van der Waals surface area contributed by atoms with E-state index in [1.165, 1.54) is 0 Å². The van der Waals surface area contributed by atoms with Gasteiger partial charge in [-0.25, -0.2) is 4.79 Å². The number of rotatable bonds is 9. The van der Waals surface area contributed by atoms with Crippen LogP contribution in [0.4, 0.5) is 0 Å². The lowest BCUT2D eigenvalue weighted by atomic mass is 10.1. The van der Waals surface area contributed by atoms with Crippen LogP contribution in [0.1, 0.15) is 44.9 Å². The number of carbonyl (C=O) groups is 2. The lowest BCUT2D eigenvalue weighted by Crippen LogP contribution is -1.93. The molecule has 0 aromatic heterocycles. The molecule has 0 radical (unpaired) electrons. The number of carboxylic acid groups (broad SMARTS) is 2. The molecule has 86 valence electrons. The van der Waals surface area contributed by atoms with Gasteiger partial charge in [-0.05, 0) is 19.3 Å².